The summed E-state index contributed by atoms with van der Waals surface area (Å²) >= 11 is 0. The largest absolute Gasteiger partial charge is 0.496 e. The van der Waals surface area contributed by atoms with Gasteiger partial charge in [0.2, 0.25) is 0 Å². The Balaban J connectivity index is 1.64. The van der Waals surface area contributed by atoms with Gasteiger partial charge in [-0.1, -0.05) is 36.4 Å². The Hall–Kier alpha value is -3.15. The van der Waals surface area contributed by atoms with Gasteiger partial charge >= 0.3 is 6.03 Å². The van der Waals surface area contributed by atoms with E-state index in [2.05, 4.69) is 5.32 Å². The van der Waals surface area contributed by atoms with Gasteiger partial charge in [-0.3, -0.25) is 14.5 Å². The molecule has 4 rings (SSSR count). The molecule has 1 aliphatic carbocycles. The lowest BCUT2D eigenvalue weighted by atomic mass is 9.76. The maximum absolute atomic E-state index is 13.2. The number of amides is 3. The SMILES string of the molecule is COc1ccccc1C(=O)CN1C(=O)NC2(CCCc3ccccc32)C1=O. The third-order valence-corrected chi connectivity index (χ3v) is 5.36. The van der Waals surface area contributed by atoms with Crippen molar-refractivity contribution >= 4 is 17.7 Å². The number of imide groups is 1. The van der Waals surface area contributed by atoms with Crippen LogP contribution >= 0.6 is 0 Å². The molecule has 6 nitrogen and oxygen atoms in total. The third-order valence-electron chi connectivity index (χ3n) is 5.36. The van der Waals surface area contributed by atoms with Gasteiger partial charge < -0.3 is 10.1 Å². The number of Topliss-reactive ketones (excluding diaryl/α,β-unsaturated/α-hetero) is 1. The molecule has 1 saturated heterocycles. The molecule has 1 fully saturated rings. The molecular weight excluding hydrogens is 344 g/mol. The van der Waals surface area contributed by atoms with Gasteiger partial charge in [-0.05, 0) is 42.5 Å². The lowest BCUT2D eigenvalue weighted by Crippen LogP contribution is -2.46. The van der Waals surface area contributed by atoms with E-state index in [9.17, 15) is 14.4 Å². The van der Waals surface area contributed by atoms with Crippen LogP contribution in [0.25, 0.3) is 0 Å². The van der Waals surface area contributed by atoms with Crippen LogP contribution in [0.15, 0.2) is 48.5 Å². The van der Waals surface area contributed by atoms with E-state index < -0.39 is 11.6 Å². The minimum absolute atomic E-state index is 0.311. The number of hydrogen-bond acceptors (Lipinski definition) is 4. The summed E-state index contributed by atoms with van der Waals surface area (Å²) in [5.74, 6) is -0.271. The highest BCUT2D eigenvalue weighted by atomic mass is 16.5. The number of methoxy groups -OCH3 is 1. The number of aryl methyl sites for hydroxylation is 1. The number of nitrogens with zero attached hydrogens (tertiary/aromatic N) is 1. The van der Waals surface area contributed by atoms with Crippen molar-refractivity contribution in [2.24, 2.45) is 0 Å². The average molecular weight is 364 g/mol. The van der Waals surface area contributed by atoms with Crippen LogP contribution < -0.4 is 10.1 Å². The highest BCUT2D eigenvalue weighted by molar-refractivity contribution is 6.12. The summed E-state index contributed by atoms with van der Waals surface area (Å²) < 4.78 is 5.22. The van der Waals surface area contributed by atoms with Crippen LogP contribution in [0.1, 0.15) is 34.3 Å². The molecule has 2 aromatic rings. The van der Waals surface area contributed by atoms with Gasteiger partial charge in [-0.2, -0.15) is 0 Å². The van der Waals surface area contributed by atoms with E-state index in [0.717, 1.165) is 28.9 Å². The topological polar surface area (TPSA) is 75.7 Å². The number of rotatable bonds is 4. The molecule has 6 heteroatoms. The van der Waals surface area contributed by atoms with Gasteiger partial charge in [-0.15, -0.1) is 0 Å². The van der Waals surface area contributed by atoms with E-state index >= 15 is 0 Å². The summed E-state index contributed by atoms with van der Waals surface area (Å²) in [6.45, 7) is -0.311. The second-order valence-corrected chi connectivity index (χ2v) is 6.86. The first-order chi connectivity index (χ1) is 13.1. The van der Waals surface area contributed by atoms with Gasteiger partial charge in [0.25, 0.3) is 5.91 Å². The summed E-state index contributed by atoms with van der Waals surface area (Å²) in [6.07, 6.45) is 2.21. The van der Waals surface area contributed by atoms with Gasteiger partial charge in [0.1, 0.15) is 11.3 Å². The van der Waals surface area contributed by atoms with Crippen LogP contribution in [0.2, 0.25) is 0 Å². The Morgan fingerprint density at radius 1 is 1.15 bits per heavy atom. The van der Waals surface area contributed by atoms with E-state index in [1.54, 1.807) is 24.3 Å². The van der Waals surface area contributed by atoms with Crippen molar-refractivity contribution in [1.29, 1.82) is 0 Å². The molecule has 1 atom stereocenters. The Labute approximate surface area is 157 Å². The minimum atomic E-state index is -1.06. The lowest BCUT2D eigenvalue weighted by Gasteiger charge is -2.33. The predicted octanol–water partition coefficient (Wildman–Crippen LogP) is 2.66. The number of nitrogens with one attached hydrogen (secondary N) is 1. The number of fused-ring (bicyclic) bond motifs is 2. The van der Waals surface area contributed by atoms with Crippen molar-refractivity contribution < 1.29 is 19.1 Å². The number of benzene rings is 2. The molecule has 138 valence electrons. The molecule has 0 saturated carbocycles. The van der Waals surface area contributed by atoms with Crippen molar-refractivity contribution in [2.75, 3.05) is 13.7 Å². The molecule has 0 radical (unpaired) electrons. The highest BCUT2D eigenvalue weighted by Crippen LogP contribution is 2.40. The molecule has 0 aromatic heterocycles. The third kappa shape index (κ3) is 2.68. The Morgan fingerprint density at radius 3 is 2.70 bits per heavy atom. The van der Waals surface area contributed by atoms with Crippen molar-refractivity contribution in [3.63, 3.8) is 0 Å². The van der Waals surface area contributed by atoms with Crippen LogP contribution in [-0.4, -0.2) is 36.3 Å². The van der Waals surface area contributed by atoms with E-state index in [4.69, 9.17) is 4.74 Å². The molecule has 1 heterocycles. The number of urea groups is 1. The number of para-hydroxylation sites is 1. The number of carbonyl (C=O) groups is 3. The second-order valence-electron chi connectivity index (χ2n) is 6.86. The van der Waals surface area contributed by atoms with Crippen LogP contribution in [0.3, 0.4) is 0 Å². The normalized spacial score (nSPS) is 21.1. The average Bonchev–Trinajstić information content (AvgIpc) is 2.93. The van der Waals surface area contributed by atoms with Crippen molar-refractivity contribution in [3.05, 3.63) is 65.2 Å². The quantitative estimate of drug-likeness (QED) is 0.668. The second kappa shape index (κ2) is 6.54. The summed E-state index contributed by atoms with van der Waals surface area (Å²) in [7, 11) is 1.48. The fraction of sp³-hybridized carbons (Fsp3) is 0.286. The lowest BCUT2D eigenvalue weighted by molar-refractivity contribution is -0.131. The molecule has 1 aliphatic heterocycles. The summed E-state index contributed by atoms with van der Waals surface area (Å²) in [5, 5.41) is 2.86. The molecule has 0 bridgehead atoms. The molecule has 1 spiro atoms. The monoisotopic (exact) mass is 364 g/mol. The van der Waals surface area contributed by atoms with Gasteiger partial charge in [0.05, 0.1) is 19.2 Å². The zero-order chi connectivity index (χ0) is 19.0. The molecule has 27 heavy (non-hydrogen) atoms. The van der Waals surface area contributed by atoms with Crippen LogP contribution in [0, 0.1) is 0 Å². The predicted molar refractivity (Wildman–Crippen MR) is 98.6 cm³/mol. The van der Waals surface area contributed by atoms with Gasteiger partial charge in [-0.25, -0.2) is 4.79 Å². The molecule has 2 aliphatic rings. The maximum Gasteiger partial charge on any atom is 0.325 e. The van der Waals surface area contributed by atoms with E-state index in [-0.39, 0.29) is 18.2 Å². The Bertz CT molecular complexity index is 939. The smallest absolute Gasteiger partial charge is 0.325 e. The number of ether oxygens (including phenoxy) is 1. The molecular formula is C21H20N2O4. The van der Waals surface area contributed by atoms with E-state index in [1.165, 1.54) is 7.11 Å². The van der Waals surface area contributed by atoms with Gasteiger partial charge in [0, 0.05) is 0 Å². The van der Waals surface area contributed by atoms with Crippen LogP contribution in [-0.2, 0) is 16.8 Å². The highest BCUT2D eigenvalue weighted by Gasteiger charge is 2.54. The van der Waals surface area contributed by atoms with Gasteiger partial charge in [0.15, 0.2) is 5.78 Å². The first kappa shape index (κ1) is 17.3. The Morgan fingerprint density at radius 2 is 1.89 bits per heavy atom. The standard InChI is InChI=1S/C21H20N2O4/c1-27-18-11-5-3-9-15(18)17(24)13-23-19(25)21(22-20(23)26)12-6-8-14-7-2-4-10-16(14)21/h2-5,7,9-11H,6,8,12-13H2,1H3,(H,22,26). The zero-order valence-corrected chi connectivity index (χ0v) is 15.0. The molecule has 1 unspecified atom stereocenters. The van der Waals surface area contributed by atoms with Crippen LogP contribution in [0.5, 0.6) is 5.75 Å². The van der Waals surface area contributed by atoms with Crippen LogP contribution in [0.4, 0.5) is 4.79 Å². The van der Waals surface area contributed by atoms with Crippen molar-refractivity contribution in [1.82, 2.24) is 10.2 Å². The number of hydrogen-bond donors (Lipinski definition) is 1. The molecule has 2 aromatic carbocycles. The van der Waals surface area contributed by atoms with Crippen molar-refractivity contribution in [2.45, 2.75) is 24.8 Å². The van der Waals surface area contributed by atoms with Crippen molar-refractivity contribution in [3.8, 4) is 5.75 Å². The number of ketones is 1. The molecule has 3 amide bonds. The fourth-order valence-corrected chi connectivity index (χ4v) is 4.06. The van der Waals surface area contributed by atoms with E-state index in [0.29, 0.717) is 17.7 Å². The summed E-state index contributed by atoms with van der Waals surface area (Å²) in [6, 6.07) is 13.9. The molecule has 1 N–H and O–H groups in total. The first-order valence-electron chi connectivity index (χ1n) is 8.95. The summed E-state index contributed by atoms with van der Waals surface area (Å²) in [5.41, 5.74) is 1.19. The fourth-order valence-electron chi connectivity index (χ4n) is 4.06. The zero-order valence-electron chi connectivity index (χ0n) is 15.0. The minimum Gasteiger partial charge on any atom is -0.496 e. The number of carbonyl (C=O) groups excluding carboxylic acids is 3. The Kier molecular flexibility index (Phi) is 4.18. The first-order valence-corrected chi connectivity index (χ1v) is 8.95. The van der Waals surface area contributed by atoms with E-state index in [1.807, 2.05) is 24.3 Å². The summed E-state index contributed by atoms with van der Waals surface area (Å²) in [4.78, 5) is 39.6. The maximum atomic E-state index is 13.2.